The van der Waals surface area contributed by atoms with Gasteiger partial charge in [0.05, 0.1) is 36.7 Å². The molecule has 49 heavy (non-hydrogen) atoms. The summed E-state index contributed by atoms with van der Waals surface area (Å²) in [5.74, 6) is -0.837. The molecule has 2 N–H and O–H groups in total. The normalized spacial score (nSPS) is 16.3. The van der Waals surface area contributed by atoms with Crippen LogP contribution in [0.15, 0.2) is 48.5 Å². The fourth-order valence-corrected chi connectivity index (χ4v) is 7.12. The van der Waals surface area contributed by atoms with Crippen molar-refractivity contribution in [3.63, 3.8) is 0 Å². The molecule has 0 unspecified atom stereocenters. The minimum atomic E-state index is -4.75. The van der Waals surface area contributed by atoms with Crippen molar-refractivity contribution < 1.29 is 37.7 Å². The van der Waals surface area contributed by atoms with Crippen LogP contribution in [0.3, 0.4) is 0 Å². The second-order valence-electron chi connectivity index (χ2n) is 12.4. The first-order valence-corrected chi connectivity index (χ1v) is 16.4. The molecule has 0 saturated carbocycles. The summed E-state index contributed by atoms with van der Waals surface area (Å²) in [5.41, 5.74) is 4.61. The van der Waals surface area contributed by atoms with Crippen molar-refractivity contribution in [1.29, 1.82) is 0 Å². The summed E-state index contributed by atoms with van der Waals surface area (Å²) >= 11 is 7.08. The number of aryl methyl sites for hydroxylation is 1. The average molecular weight is 697 g/mol. The Balaban J connectivity index is 1.29. The van der Waals surface area contributed by atoms with Gasteiger partial charge in [-0.2, -0.15) is 13.2 Å². The number of methoxy groups -OCH3 is 2. The van der Waals surface area contributed by atoms with Crippen molar-refractivity contribution in [1.82, 2.24) is 19.9 Å². The third kappa shape index (κ3) is 7.36. The molecule has 2 aromatic heterocycles. The lowest BCUT2D eigenvalue weighted by Gasteiger charge is -2.35. The fraction of sp³-hybridized carbons (Fsp3) is 0.389. The molecular weight excluding hydrogens is 661 g/mol. The number of hydrogen-bond acceptors (Lipinski definition) is 8. The van der Waals surface area contributed by atoms with Gasteiger partial charge in [0.1, 0.15) is 5.69 Å². The van der Waals surface area contributed by atoms with Crippen LogP contribution in [-0.2, 0) is 36.8 Å². The monoisotopic (exact) mass is 696 g/mol. The number of carboxylic acid groups (broad SMARTS) is 1. The Morgan fingerprint density at radius 3 is 2.37 bits per heavy atom. The van der Waals surface area contributed by atoms with Crippen molar-refractivity contribution in [3.8, 4) is 34.1 Å². The third-order valence-electron chi connectivity index (χ3n) is 9.13. The number of likely N-dealkylation sites (tertiary alicyclic amines) is 1. The first-order chi connectivity index (χ1) is 23.5. The van der Waals surface area contributed by atoms with Crippen LogP contribution in [0.5, 0.6) is 11.8 Å². The molecule has 2 aliphatic rings. The number of carbonyl (C=O) groups is 1. The van der Waals surface area contributed by atoms with Gasteiger partial charge in [-0.05, 0) is 60.8 Å². The minimum Gasteiger partial charge on any atom is -0.481 e. The zero-order valence-corrected chi connectivity index (χ0v) is 27.8. The van der Waals surface area contributed by atoms with E-state index in [2.05, 4.69) is 14.9 Å². The number of hydrogen-bond donors (Lipinski definition) is 2. The van der Waals surface area contributed by atoms with Gasteiger partial charge in [-0.25, -0.2) is 15.0 Å². The smallest absolute Gasteiger partial charge is 0.435 e. The number of halogens is 4. The molecule has 1 aliphatic heterocycles. The Morgan fingerprint density at radius 1 is 0.959 bits per heavy atom. The number of aromatic nitrogens is 3. The van der Waals surface area contributed by atoms with Crippen LogP contribution < -0.4 is 9.47 Å². The highest BCUT2D eigenvalue weighted by molar-refractivity contribution is 6.36. The summed E-state index contributed by atoms with van der Waals surface area (Å²) in [6, 6.07) is 15.4. The Kier molecular flexibility index (Phi) is 10.1. The molecule has 4 aromatic rings. The largest absolute Gasteiger partial charge is 0.481 e. The van der Waals surface area contributed by atoms with Gasteiger partial charge in [0, 0.05) is 42.7 Å². The molecule has 258 valence electrons. The quantitative estimate of drug-likeness (QED) is 0.166. The maximum Gasteiger partial charge on any atom is 0.435 e. The lowest BCUT2D eigenvalue weighted by molar-refractivity contribution is -0.142. The van der Waals surface area contributed by atoms with E-state index in [1.165, 1.54) is 7.11 Å². The number of aliphatic carboxylic acids is 1. The number of nitrogens with zero attached hydrogens (tertiary/aromatic N) is 4. The van der Waals surface area contributed by atoms with E-state index < -0.39 is 17.8 Å². The molecule has 3 heterocycles. The van der Waals surface area contributed by atoms with E-state index >= 15 is 0 Å². The van der Waals surface area contributed by atoms with E-state index in [0.717, 1.165) is 33.4 Å². The van der Waals surface area contributed by atoms with Gasteiger partial charge in [-0.15, -0.1) is 0 Å². The van der Waals surface area contributed by atoms with Crippen molar-refractivity contribution >= 4 is 17.6 Å². The number of ether oxygens (including phenoxy) is 2. The summed E-state index contributed by atoms with van der Waals surface area (Å²) in [5, 5.41) is 19.1. The average Bonchev–Trinajstić information content (AvgIpc) is 3.47. The molecule has 1 fully saturated rings. The van der Waals surface area contributed by atoms with Gasteiger partial charge in [0.25, 0.3) is 0 Å². The van der Waals surface area contributed by atoms with Gasteiger partial charge in [0.15, 0.2) is 5.69 Å². The highest BCUT2D eigenvalue weighted by Crippen LogP contribution is 2.45. The van der Waals surface area contributed by atoms with Crippen LogP contribution in [0.25, 0.3) is 22.4 Å². The van der Waals surface area contributed by atoms with Crippen LogP contribution >= 0.6 is 11.6 Å². The van der Waals surface area contributed by atoms with E-state index in [9.17, 15) is 23.1 Å². The molecule has 0 spiro atoms. The molecule has 1 atom stereocenters. The van der Waals surface area contributed by atoms with Gasteiger partial charge in [-0.1, -0.05) is 54.1 Å². The molecule has 1 saturated heterocycles. The summed E-state index contributed by atoms with van der Waals surface area (Å²) < 4.78 is 53.7. The first kappa shape index (κ1) is 34.6. The van der Waals surface area contributed by atoms with Crippen LogP contribution in [0, 0.1) is 0 Å². The van der Waals surface area contributed by atoms with Crippen LogP contribution in [0.1, 0.15) is 59.0 Å². The summed E-state index contributed by atoms with van der Waals surface area (Å²) in [6.45, 7) is 1.82. The van der Waals surface area contributed by atoms with Gasteiger partial charge < -0.3 is 19.7 Å². The second kappa shape index (κ2) is 14.3. The summed E-state index contributed by atoms with van der Waals surface area (Å²) in [7, 11) is 2.88. The van der Waals surface area contributed by atoms with Crippen molar-refractivity contribution in [2.24, 2.45) is 0 Å². The Bertz CT molecular complexity index is 1870. The topological polar surface area (TPSA) is 118 Å². The van der Waals surface area contributed by atoms with E-state index in [1.807, 2.05) is 48.5 Å². The molecule has 6 rings (SSSR count). The van der Waals surface area contributed by atoms with Crippen molar-refractivity contribution in [2.75, 3.05) is 27.3 Å². The van der Waals surface area contributed by atoms with Crippen LogP contribution in [0.4, 0.5) is 13.2 Å². The minimum absolute atomic E-state index is 0.00264. The van der Waals surface area contributed by atoms with Crippen LogP contribution in [-0.4, -0.2) is 69.4 Å². The Labute approximate surface area is 286 Å². The van der Waals surface area contributed by atoms with Gasteiger partial charge >= 0.3 is 12.1 Å². The van der Waals surface area contributed by atoms with Crippen molar-refractivity contribution in [2.45, 2.75) is 63.3 Å². The molecule has 1 aliphatic carbocycles. The number of pyridine rings is 1. The SMILES string of the molecule is COc1nc(-c2cccc(-c3cccc4c3CC[C@@H]4Cc3nc(OC)c(CCCC(=O)O)nc3C(F)(F)F)c2Cl)ccc1CN1CC(O)C1. The number of alkyl halides is 3. The van der Waals surface area contributed by atoms with E-state index in [4.69, 9.17) is 31.2 Å². The number of benzene rings is 2. The second-order valence-corrected chi connectivity index (χ2v) is 12.8. The van der Waals surface area contributed by atoms with Gasteiger partial charge in [0.2, 0.25) is 11.8 Å². The molecule has 0 amide bonds. The Morgan fingerprint density at radius 2 is 1.67 bits per heavy atom. The standard InChI is InChI=1S/C36H36ClF3N4O5/c1-48-34-21(17-44-18-22(45)19-44)13-15-28(42-34)27-9-4-8-26(32(27)37)24-7-3-6-23-20(12-14-25(23)24)16-30-33(36(38,39)40)41-29(35(43-30)49-2)10-5-11-31(46)47/h3-4,6-9,13,15,20,22,45H,5,10-12,14,16-19H2,1-2H3,(H,46,47)/t20-/m1/s1. The zero-order valence-electron chi connectivity index (χ0n) is 27.1. The third-order valence-corrected chi connectivity index (χ3v) is 9.54. The zero-order chi connectivity index (χ0) is 34.9. The predicted molar refractivity (Wildman–Crippen MR) is 177 cm³/mol. The van der Waals surface area contributed by atoms with Gasteiger partial charge in [-0.3, -0.25) is 9.69 Å². The van der Waals surface area contributed by atoms with Crippen LogP contribution in [0.2, 0.25) is 5.02 Å². The van der Waals surface area contributed by atoms with E-state index in [1.54, 1.807) is 7.11 Å². The van der Waals surface area contributed by atoms with E-state index in [-0.39, 0.29) is 55.0 Å². The number of rotatable bonds is 12. The predicted octanol–water partition coefficient (Wildman–Crippen LogP) is 6.75. The van der Waals surface area contributed by atoms with Crippen molar-refractivity contribution in [3.05, 3.63) is 87.3 Å². The molecule has 13 heteroatoms. The Hall–Kier alpha value is -4.26. The number of aliphatic hydroxyl groups excluding tert-OH is 1. The van der Waals surface area contributed by atoms with E-state index in [0.29, 0.717) is 49.1 Å². The highest BCUT2D eigenvalue weighted by Gasteiger charge is 2.39. The summed E-state index contributed by atoms with van der Waals surface area (Å²) in [4.78, 5) is 26.0. The lowest BCUT2D eigenvalue weighted by atomic mass is 9.91. The molecule has 2 aromatic carbocycles. The fourth-order valence-electron chi connectivity index (χ4n) is 6.79. The first-order valence-electron chi connectivity index (χ1n) is 16.0. The number of aliphatic hydroxyl groups is 1. The maximum absolute atomic E-state index is 14.3. The molecular formula is C36H36ClF3N4O5. The number of carboxylic acids is 1. The molecule has 9 nitrogen and oxygen atoms in total. The lowest BCUT2D eigenvalue weighted by Crippen LogP contribution is -2.49. The summed E-state index contributed by atoms with van der Waals surface area (Å²) in [6.07, 6.45) is -3.90. The number of fused-ring (bicyclic) bond motifs is 1. The molecule has 0 bridgehead atoms. The highest BCUT2D eigenvalue weighted by atomic mass is 35.5. The molecule has 0 radical (unpaired) electrons. The number of β-amino-alcohol motifs (C(OH)–C–C–N with tert-alkyl or cyclic N) is 1. The maximum atomic E-state index is 14.3.